The number of benzene rings is 3. The van der Waals surface area contributed by atoms with Gasteiger partial charge >= 0.3 is 5.69 Å². The van der Waals surface area contributed by atoms with Crippen molar-refractivity contribution in [1.29, 1.82) is 0 Å². The predicted octanol–water partition coefficient (Wildman–Crippen LogP) is 5.21. The van der Waals surface area contributed by atoms with Crippen LogP contribution < -0.4 is 20.7 Å². The average Bonchev–Trinajstić information content (AvgIpc) is 3.35. The SMILES string of the molecule is COc1ccccc1C(OC[C@H]1O[C@@H](n2ccc(=O)[nH]c2=O)[C@H](O[Si](C)(C)C(C)(C)C)[C@@H]1O)(c1ccccc1)c1ccccc1OC. The quantitative estimate of drug-likeness (QED) is 0.166. The third-order valence-corrected chi connectivity index (χ3v) is 13.8. The first-order valence-electron chi connectivity index (χ1n) is 15.6. The van der Waals surface area contributed by atoms with Crippen molar-refractivity contribution in [3.05, 3.63) is 129 Å². The molecule has 2 N–H and O–H groups in total. The minimum Gasteiger partial charge on any atom is -0.496 e. The van der Waals surface area contributed by atoms with Gasteiger partial charge in [-0.05, 0) is 35.8 Å². The molecule has 11 heteroatoms. The van der Waals surface area contributed by atoms with Gasteiger partial charge in [0.05, 0.1) is 20.8 Å². The number of aliphatic hydroxyl groups is 1. The van der Waals surface area contributed by atoms with Gasteiger partial charge < -0.3 is 28.5 Å². The van der Waals surface area contributed by atoms with Crippen LogP contribution in [0.15, 0.2) is 101 Å². The lowest BCUT2D eigenvalue weighted by atomic mass is 9.79. The summed E-state index contributed by atoms with van der Waals surface area (Å²) in [6.07, 6.45) is -2.70. The first-order chi connectivity index (χ1) is 22.3. The van der Waals surface area contributed by atoms with E-state index >= 15 is 0 Å². The third-order valence-electron chi connectivity index (χ3n) is 9.29. The zero-order valence-corrected chi connectivity index (χ0v) is 28.9. The molecule has 10 nitrogen and oxygen atoms in total. The molecule has 3 aromatic carbocycles. The molecule has 0 spiro atoms. The van der Waals surface area contributed by atoms with Crippen LogP contribution in [0.2, 0.25) is 18.1 Å². The van der Waals surface area contributed by atoms with Crippen LogP contribution in [-0.2, 0) is 19.5 Å². The number of aromatic amines is 1. The molecule has 4 aromatic rings. The molecule has 0 bridgehead atoms. The topological polar surface area (TPSA) is 121 Å². The molecule has 1 aliphatic heterocycles. The number of ether oxygens (including phenoxy) is 4. The monoisotopic (exact) mass is 660 g/mol. The van der Waals surface area contributed by atoms with Gasteiger partial charge in [0.1, 0.15) is 29.8 Å². The summed E-state index contributed by atoms with van der Waals surface area (Å²) in [6, 6.07) is 26.2. The zero-order valence-electron chi connectivity index (χ0n) is 27.9. The second kappa shape index (κ2) is 13.6. The van der Waals surface area contributed by atoms with Crippen LogP contribution >= 0.6 is 0 Å². The summed E-state index contributed by atoms with van der Waals surface area (Å²) in [6.45, 7) is 10.3. The van der Waals surface area contributed by atoms with Crippen LogP contribution in [0.3, 0.4) is 0 Å². The number of aliphatic hydroxyl groups excluding tert-OH is 1. The van der Waals surface area contributed by atoms with Crippen molar-refractivity contribution in [3.63, 3.8) is 0 Å². The fourth-order valence-corrected chi connectivity index (χ4v) is 7.09. The standard InChI is InChI=1S/C36H44N2O8Si/c1-35(2,3)47(6,7)46-32-31(40)29(45-33(32)38-22-21-30(39)37-34(38)41)23-44-36(24-15-9-8-10-16-24,25-17-11-13-19-27(25)42-4)26-18-12-14-20-28(26)43-5/h8-22,29,31-33,40H,23H2,1-7H3,(H,37,39,41)/t29-,31-,32-,33-/m1/s1. The maximum atomic E-state index is 13.0. The second-order valence-corrected chi connectivity index (χ2v) is 17.9. The van der Waals surface area contributed by atoms with E-state index in [4.69, 9.17) is 23.4 Å². The number of nitrogens with one attached hydrogen (secondary N) is 1. The second-order valence-electron chi connectivity index (χ2n) is 13.2. The lowest BCUT2D eigenvalue weighted by Crippen LogP contribution is -2.50. The fourth-order valence-electron chi connectivity index (χ4n) is 5.80. The van der Waals surface area contributed by atoms with Crippen molar-refractivity contribution in [2.75, 3.05) is 20.8 Å². The van der Waals surface area contributed by atoms with Crippen molar-refractivity contribution in [3.8, 4) is 11.5 Å². The number of nitrogens with zero attached hydrogens (tertiary/aromatic N) is 1. The Bertz CT molecular complexity index is 1730. The summed E-state index contributed by atoms with van der Waals surface area (Å²) in [5.41, 5.74) is -0.258. The van der Waals surface area contributed by atoms with Gasteiger partial charge in [0, 0.05) is 23.4 Å². The number of H-pyrrole nitrogens is 1. The van der Waals surface area contributed by atoms with Crippen LogP contribution in [0.25, 0.3) is 0 Å². The number of hydrogen-bond donors (Lipinski definition) is 2. The van der Waals surface area contributed by atoms with E-state index in [1.807, 2.05) is 78.9 Å². The lowest BCUT2D eigenvalue weighted by molar-refractivity contribution is -0.0963. The molecule has 0 radical (unpaired) electrons. The van der Waals surface area contributed by atoms with Gasteiger partial charge in [-0.3, -0.25) is 14.3 Å². The normalized spacial score (nSPS) is 20.3. The smallest absolute Gasteiger partial charge is 0.330 e. The van der Waals surface area contributed by atoms with E-state index in [-0.39, 0.29) is 11.6 Å². The number of rotatable bonds is 11. The summed E-state index contributed by atoms with van der Waals surface area (Å²) in [5.74, 6) is 1.18. The van der Waals surface area contributed by atoms with Crippen LogP contribution in [0.4, 0.5) is 0 Å². The fraction of sp³-hybridized carbons (Fsp3) is 0.389. The maximum absolute atomic E-state index is 13.0. The molecule has 47 heavy (non-hydrogen) atoms. The van der Waals surface area contributed by atoms with E-state index in [0.29, 0.717) is 22.6 Å². The van der Waals surface area contributed by atoms with Crippen molar-refractivity contribution in [2.45, 2.75) is 69.0 Å². The predicted molar refractivity (Wildman–Crippen MR) is 182 cm³/mol. The summed E-state index contributed by atoms with van der Waals surface area (Å²) in [5, 5.41) is 11.7. The Morgan fingerprint density at radius 2 is 1.40 bits per heavy atom. The van der Waals surface area contributed by atoms with Gasteiger partial charge in [-0.25, -0.2) is 4.79 Å². The molecule has 1 fully saturated rings. The molecule has 0 amide bonds. The molecule has 0 aliphatic carbocycles. The molecule has 4 atom stereocenters. The molecular weight excluding hydrogens is 616 g/mol. The molecule has 1 aromatic heterocycles. The van der Waals surface area contributed by atoms with Gasteiger partial charge in [-0.15, -0.1) is 0 Å². The highest BCUT2D eigenvalue weighted by Gasteiger charge is 2.52. The summed E-state index contributed by atoms with van der Waals surface area (Å²) in [4.78, 5) is 27.2. The minimum absolute atomic E-state index is 0.113. The molecule has 0 saturated carbocycles. The molecule has 5 rings (SSSR count). The lowest BCUT2D eigenvalue weighted by Gasteiger charge is -2.40. The average molecular weight is 661 g/mol. The van der Waals surface area contributed by atoms with E-state index in [1.54, 1.807) is 14.2 Å². The highest BCUT2D eigenvalue weighted by molar-refractivity contribution is 6.74. The van der Waals surface area contributed by atoms with Gasteiger partial charge in [0.25, 0.3) is 5.56 Å². The van der Waals surface area contributed by atoms with Gasteiger partial charge in [-0.1, -0.05) is 87.5 Å². The molecule has 0 unspecified atom stereocenters. The molecule has 250 valence electrons. The van der Waals surface area contributed by atoms with E-state index in [9.17, 15) is 14.7 Å². The maximum Gasteiger partial charge on any atom is 0.330 e. The Morgan fingerprint density at radius 1 is 0.851 bits per heavy atom. The molecule has 1 saturated heterocycles. The third kappa shape index (κ3) is 6.59. The van der Waals surface area contributed by atoms with Crippen LogP contribution in [-0.4, -0.2) is 62.1 Å². The van der Waals surface area contributed by atoms with E-state index < -0.39 is 49.7 Å². The number of hydrogen-bond acceptors (Lipinski definition) is 8. The molecule has 2 heterocycles. The van der Waals surface area contributed by atoms with Gasteiger partial charge in [-0.2, -0.15) is 0 Å². The number of para-hydroxylation sites is 2. The Hall–Kier alpha value is -4.00. The van der Waals surface area contributed by atoms with Crippen molar-refractivity contribution < 1.29 is 28.5 Å². The Balaban J connectivity index is 1.64. The Labute approximate surface area is 276 Å². The van der Waals surface area contributed by atoms with Gasteiger partial charge in [0.2, 0.25) is 0 Å². The highest BCUT2D eigenvalue weighted by Crippen LogP contribution is 2.48. The summed E-state index contributed by atoms with van der Waals surface area (Å²) < 4.78 is 33.3. The van der Waals surface area contributed by atoms with Crippen LogP contribution in [0.1, 0.15) is 43.7 Å². The van der Waals surface area contributed by atoms with Crippen LogP contribution in [0.5, 0.6) is 11.5 Å². The van der Waals surface area contributed by atoms with Gasteiger partial charge in [0.15, 0.2) is 20.1 Å². The van der Waals surface area contributed by atoms with E-state index in [0.717, 1.165) is 5.56 Å². The molecule has 1 aliphatic rings. The Morgan fingerprint density at radius 3 is 1.94 bits per heavy atom. The zero-order chi connectivity index (χ0) is 34.0. The minimum atomic E-state index is -2.49. The van der Waals surface area contributed by atoms with Crippen molar-refractivity contribution >= 4 is 8.32 Å². The molecular formula is C36H44N2O8Si. The van der Waals surface area contributed by atoms with Crippen LogP contribution in [0, 0.1) is 0 Å². The number of methoxy groups -OCH3 is 2. The first kappa shape index (κ1) is 34.3. The van der Waals surface area contributed by atoms with Crippen molar-refractivity contribution in [1.82, 2.24) is 9.55 Å². The summed E-state index contributed by atoms with van der Waals surface area (Å²) in [7, 11) is 0.726. The Kier molecular flexibility index (Phi) is 9.95. The van der Waals surface area contributed by atoms with Crippen molar-refractivity contribution in [2.24, 2.45) is 0 Å². The van der Waals surface area contributed by atoms with E-state index in [2.05, 4.69) is 38.8 Å². The first-order valence-corrected chi connectivity index (χ1v) is 18.5. The van der Waals surface area contributed by atoms with E-state index in [1.165, 1.54) is 16.8 Å². The number of aromatic nitrogens is 2. The summed E-state index contributed by atoms with van der Waals surface area (Å²) >= 11 is 0. The highest BCUT2D eigenvalue weighted by atomic mass is 28.4. The largest absolute Gasteiger partial charge is 0.496 e.